The highest BCUT2D eigenvalue weighted by Gasteiger charge is 2.36. The molecule has 0 N–H and O–H groups in total. The summed E-state index contributed by atoms with van der Waals surface area (Å²) in [6.07, 6.45) is 2.62. The van der Waals surface area contributed by atoms with Crippen LogP contribution < -0.4 is 9.64 Å². The number of carbonyl (C=O) groups excluding carboxylic acids is 2. The largest absolute Gasteiger partial charge is 0.496 e. The molecule has 0 bridgehead atoms. The molecule has 2 aliphatic rings. The first kappa shape index (κ1) is 21.3. The number of carbonyl (C=O) groups is 2. The molecular formula is C24H30N4O3. The Hall–Kier alpha value is -2.96. The zero-order chi connectivity index (χ0) is 22.1. The summed E-state index contributed by atoms with van der Waals surface area (Å²) in [6.45, 7) is 7.17. The van der Waals surface area contributed by atoms with Crippen molar-refractivity contribution in [3.8, 4) is 5.75 Å². The van der Waals surface area contributed by atoms with Crippen molar-refractivity contribution in [2.75, 3.05) is 18.6 Å². The minimum Gasteiger partial charge on any atom is -0.496 e. The number of amides is 2. The van der Waals surface area contributed by atoms with Gasteiger partial charge in [-0.05, 0) is 31.7 Å². The number of aromatic nitrogens is 2. The zero-order valence-electron chi connectivity index (χ0n) is 18.7. The van der Waals surface area contributed by atoms with E-state index in [1.807, 2.05) is 36.1 Å². The summed E-state index contributed by atoms with van der Waals surface area (Å²) >= 11 is 0. The van der Waals surface area contributed by atoms with Crippen molar-refractivity contribution in [1.29, 1.82) is 0 Å². The molecule has 1 atom stereocenters. The standard InChI is InChI=1S/C24H30N4O3/c1-15(2)12-21(29)27-11-7-9-19(27)23-25-16(3)18-13-22(30)28(24(18)26-23)14-17-8-5-6-10-20(17)31-4/h5-6,8,10,15,19H,7,9,11-14H2,1-4H3/t19-/m1/s1. The predicted molar refractivity (Wildman–Crippen MR) is 118 cm³/mol. The number of likely N-dealkylation sites (tertiary alicyclic amines) is 1. The molecule has 2 aliphatic heterocycles. The van der Waals surface area contributed by atoms with Gasteiger partial charge in [0.25, 0.3) is 0 Å². The fraction of sp³-hybridized carbons (Fsp3) is 0.500. The first-order valence-corrected chi connectivity index (χ1v) is 11.0. The Morgan fingerprint density at radius 2 is 2.03 bits per heavy atom. The van der Waals surface area contributed by atoms with E-state index in [0.717, 1.165) is 42.0 Å². The molecule has 0 spiro atoms. The predicted octanol–water partition coefficient (Wildman–Crippen LogP) is 3.59. The second-order valence-electron chi connectivity index (χ2n) is 8.78. The minimum absolute atomic E-state index is 0.00891. The third-order valence-electron chi connectivity index (χ3n) is 6.07. The maximum atomic E-state index is 12.9. The van der Waals surface area contributed by atoms with Crippen LogP contribution in [0, 0.1) is 12.8 Å². The summed E-state index contributed by atoms with van der Waals surface area (Å²) in [5.74, 6) is 2.53. The van der Waals surface area contributed by atoms with Crippen molar-refractivity contribution in [2.45, 2.75) is 59.0 Å². The van der Waals surface area contributed by atoms with Crippen molar-refractivity contribution >= 4 is 17.6 Å². The van der Waals surface area contributed by atoms with Crippen LogP contribution in [0.2, 0.25) is 0 Å². The van der Waals surface area contributed by atoms with Gasteiger partial charge in [-0.25, -0.2) is 9.97 Å². The molecule has 2 aromatic rings. The lowest BCUT2D eigenvalue weighted by Crippen LogP contribution is -2.33. The summed E-state index contributed by atoms with van der Waals surface area (Å²) in [4.78, 5) is 38.9. The summed E-state index contributed by atoms with van der Waals surface area (Å²) in [5, 5.41) is 0. The third kappa shape index (κ3) is 4.13. The van der Waals surface area contributed by atoms with E-state index in [0.29, 0.717) is 36.9 Å². The van der Waals surface area contributed by atoms with E-state index >= 15 is 0 Å². The number of aryl methyl sites for hydroxylation is 1. The van der Waals surface area contributed by atoms with Gasteiger partial charge >= 0.3 is 0 Å². The highest BCUT2D eigenvalue weighted by Crippen LogP contribution is 2.36. The SMILES string of the molecule is COc1ccccc1CN1C(=O)Cc2c(C)nc([C@H]3CCCN3C(=O)CC(C)C)nc21. The van der Waals surface area contributed by atoms with Crippen molar-refractivity contribution < 1.29 is 14.3 Å². The van der Waals surface area contributed by atoms with Crippen LogP contribution in [-0.4, -0.2) is 40.3 Å². The number of methoxy groups -OCH3 is 1. The molecule has 1 fully saturated rings. The average Bonchev–Trinajstić information content (AvgIpc) is 3.34. The number of anilines is 1. The number of rotatable bonds is 6. The summed E-state index contributed by atoms with van der Waals surface area (Å²) in [6, 6.07) is 7.58. The van der Waals surface area contributed by atoms with E-state index in [4.69, 9.17) is 14.7 Å². The highest BCUT2D eigenvalue weighted by molar-refractivity contribution is 6.00. The van der Waals surface area contributed by atoms with Gasteiger partial charge in [0, 0.05) is 29.8 Å². The Balaban J connectivity index is 1.66. The van der Waals surface area contributed by atoms with Crippen molar-refractivity contribution in [1.82, 2.24) is 14.9 Å². The van der Waals surface area contributed by atoms with Gasteiger partial charge in [-0.3, -0.25) is 14.5 Å². The monoisotopic (exact) mass is 422 g/mol. The molecule has 3 heterocycles. The van der Waals surface area contributed by atoms with Gasteiger partial charge in [0.05, 0.1) is 26.1 Å². The van der Waals surface area contributed by atoms with E-state index in [1.54, 1.807) is 12.0 Å². The maximum absolute atomic E-state index is 12.9. The van der Waals surface area contributed by atoms with Crippen molar-refractivity contribution in [2.24, 2.45) is 5.92 Å². The molecule has 0 radical (unpaired) electrons. The van der Waals surface area contributed by atoms with E-state index in [-0.39, 0.29) is 17.9 Å². The molecule has 31 heavy (non-hydrogen) atoms. The quantitative estimate of drug-likeness (QED) is 0.711. The van der Waals surface area contributed by atoms with Gasteiger partial charge in [0.15, 0.2) is 5.82 Å². The number of para-hydroxylation sites is 1. The molecule has 7 heteroatoms. The Bertz CT molecular complexity index is 1000. The first-order chi connectivity index (χ1) is 14.9. The Morgan fingerprint density at radius 3 is 2.77 bits per heavy atom. The number of ether oxygens (including phenoxy) is 1. The van der Waals surface area contributed by atoms with Crippen LogP contribution in [-0.2, 0) is 22.6 Å². The molecule has 1 aromatic carbocycles. The topological polar surface area (TPSA) is 75.6 Å². The lowest BCUT2D eigenvalue weighted by molar-refractivity contribution is -0.133. The Kier molecular flexibility index (Phi) is 5.94. The molecule has 0 aliphatic carbocycles. The van der Waals surface area contributed by atoms with Crippen LogP contribution in [0.4, 0.5) is 5.82 Å². The van der Waals surface area contributed by atoms with Crippen LogP contribution in [0.25, 0.3) is 0 Å². The summed E-state index contributed by atoms with van der Waals surface area (Å²) in [5.41, 5.74) is 2.62. The molecule has 1 saturated heterocycles. The highest BCUT2D eigenvalue weighted by atomic mass is 16.5. The fourth-order valence-electron chi connectivity index (χ4n) is 4.51. The van der Waals surface area contributed by atoms with Crippen molar-refractivity contribution in [3.63, 3.8) is 0 Å². The first-order valence-electron chi connectivity index (χ1n) is 11.0. The molecule has 0 saturated carbocycles. The second kappa shape index (κ2) is 8.65. The van der Waals surface area contributed by atoms with Crippen molar-refractivity contribution in [3.05, 3.63) is 46.9 Å². The molecular weight excluding hydrogens is 392 g/mol. The normalized spacial score (nSPS) is 18.1. The Labute approximate surface area is 183 Å². The number of hydrogen-bond acceptors (Lipinski definition) is 5. The van der Waals surface area contributed by atoms with E-state index in [2.05, 4.69) is 13.8 Å². The lowest BCUT2D eigenvalue weighted by atomic mass is 10.1. The molecule has 1 aromatic heterocycles. The van der Waals surface area contributed by atoms with E-state index < -0.39 is 0 Å². The van der Waals surface area contributed by atoms with E-state index in [1.165, 1.54) is 0 Å². The smallest absolute Gasteiger partial charge is 0.233 e. The van der Waals surface area contributed by atoms with Crippen LogP contribution in [0.15, 0.2) is 24.3 Å². The zero-order valence-corrected chi connectivity index (χ0v) is 18.7. The molecule has 164 valence electrons. The van der Waals surface area contributed by atoms with E-state index in [9.17, 15) is 9.59 Å². The number of fused-ring (bicyclic) bond motifs is 1. The lowest BCUT2D eigenvalue weighted by Gasteiger charge is -2.26. The van der Waals surface area contributed by atoms with Crippen LogP contribution in [0.1, 0.15) is 61.8 Å². The number of nitrogens with zero attached hydrogens (tertiary/aromatic N) is 4. The maximum Gasteiger partial charge on any atom is 0.233 e. The van der Waals surface area contributed by atoms with Gasteiger partial charge in [0.2, 0.25) is 11.8 Å². The number of benzene rings is 1. The minimum atomic E-state index is -0.126. The third-order valence-corrected chi connectivity index (χ3v) is 6.07. The van der Waals surface area contributed by atoms with Crippen LogP contribution in [0.5, 0.6) is 5.75 Å². The van der Waals surface area contributed by atoms with Gasteiger partial charge in [-0.2, -0.15) is 0 Å². The summed E-state index contributed by atoms with van der Waals surface area (Å²) in [7, 11) is 1.63. The molecule has 2 amide bonds. The fourth-order valence-corrected chi connectivity index (χ4v) is 4.51. The van der Waals surface area contributed by atoms with Gasteiger partial charge in [-0.15, -0.1) is 0 Å². The number of hydrogen-bond donors (Lipinski definition) is 0. The van der Waals surface area contributed by atoms with Gasteiger partial charge < -0.3 is 9.64 Å². The molecule has 0 unspecified atom stereocenters. The molecule has 7 nitrogen and oxygen atoms in total. The second-order valence-corrected chi connectivity index (χ2v) is 8.78. The average molecular weight is 423 g/mol. The van der Waals surface area contributed by atoms with Crippen LogP contribution >= 0.6 is 0 Å². The van der Waals surface area contributed by atoms with Gasteiger partial charge in [0.1, 0.15) is 11.6 Å². The Morgan fingerprint density at radius 1 is 1.26 bits per heavy atom. The molecule has 4 rings (SSSR count). The van der Waals surface area contributed by atoms with Gasteiger partial charge in [-0.1, -0.05) is 32.0 Å². The van der Waals surface area contributed by atoms with Crippen LogP contribution in [0.3, 0.4) is 0 Å². The summed E-state index contributed by atoms with van der Waals surface area (Å²) < 4.78 is 5.46.